The third-order valence-electron chi connectivity index (χ3n) is 4.78. The lowest BCUT2D eigenvalue weighted by Gasteiger charge is -2.09. The number of benzene rings is 1. The minimum atomic E-state index is -0.0973. The number of aryl methyl sites for hydroxylation is 3. The second-order valence-electron chi connectivity index (χ2n) is 6.89. The lowest BCUT2D eigenvalue weighted by atomic mass is 10.1. The molecule has 3 aromatic heterocycles. The van der Waals surface area contributed by atoms with Crippen molar-refractivity contribution in [3.05, 3.63) is 83.4 Å². The Hall–Kier alpha value is -3.34. The van der Waals surface area contributed by atoms with Gasteiger partial charge in [-0.1, -0.05) is 35.9 Å². The molecule has 0 aliphatic carbocycles. The molecular weight excluding hydrogens is 336 g/mol. The predicted octanol–water partition coefficient (Wildman–Crippen LogP) is 3.89. The summed E-state index contributed by atoms with van der Waals surface area (Å²) in [7, 11) is 1.87. The molecule has 5 nitrogen and oxygen atoms in total. The van der Waals surface area contributed by atoms with Crippen LogP contribution >= 0.6 is 0 Å². The van der Waals surface area contributed by atoms with Crippen LogP contribution in [0.15, 0.2) is 60.9 Å². The summed E-state index contributed by atoms with van der Waals surface area (Å²) < 4.78 is 3.88. The van der Waals surface area contributed by atoms with Crippen LogP contribution in [0.1, 0.15) is 27.3 Å². The molecule has 1 amide bonds. The zero-order valence-electron chi connectivity index (χ0n) is 15.7. The van der Waals surface area contributed by atoms with E-state index in [2.05, 4.69) is 54.0 Å². The highest BCUT2D eigenvalue weighted by Gasteiger charge is 2.16. The molecule has 1 N–H and O–H groups in total. The number of rotatable bonds is 4. The summed E-state index contributed by atoms with van der Waals surface area (Å²) in [5.41, 5.74) is 6.77. The van der Waals surface area contributed by atoms with Gasteiger partial charge in [0.05, 0.1) is 17.9 Å². The second-order valence-corrected chi connectivity index (χ2v) is 6.89. The van der Waals surface area contributed by atoms with Crippen molar-refractivity contribution in [2.24, 2.45) is 7.05 Å². The number of carbonyl (C=O) groups is 1. The molecule has 0 aliphatic rings. The average molecular weight is 358 g/mol. The molecule has 0 radical (unpaired) electrons. The highest BCUT2D eigenvalue weighted by molar-refractivity contribution is 5.92. The lowest BCUT2D eigenvalue weighted by molar-refractivity contribution is 0.0942. The summed E-state index contributed by atoms with van der Waals surface area (Å²) in [6.07, 6.45) is 3.92. The first-order valence-electron chi connectivity index (χ1n) is 8.97. The quantitative estimate of drug-likeness (QED) is 0.602. The molecule has 0 unspecified atom stereocenters. The normalized spacial score (nSPS) is 11.1. The molecule has 4 aromatic rings. The molecule has 0 saturated heterocycles. The molecular formula is C22H22N4O. The van der Waals surface area contributed by atoms with Crippen LogP contribution in [0.3, 0.4) is 0 Å². The fourth-order valence-electron chi connectivity index (χ4n) is 3.26. The maximum atomic E-state index is 12.6. The zero-order chi connectivity index (χ0) is 19.0. The van der Waals surface area contributed by atoms with E-state index in [0.717, 1.165) is 28.2 Å². The van der Waals surface area contributed by atoms with Gasteiger partial charge in [0.25, 0.3) is 5.91 Å². The minimum Gasteiger partial charge on any atom is -0.347 e. The predicted molar refractivity (Wildman–Crippen MR) is 107 cm³/mol. The maximum Gasteiger partial charge on any atom is 0.268 e. The number of hydrogen-bond donors (Lipinski definition) is 1. The van der Waals surface area contributed by atoms with Crippen molar-refractivity contribution in [1.82, 2.24) is 19.3 Å². The zero-order valence-corrected chi connectivity index (χ0v) is 15.7. The Morgan fingerprint density at radius 3 is 2.48 bits per heavy atom. The van der Waals surface area contributed by atoms with Crippen LogP contribution in [0.5, 0.6) is 0 Å². The van der Waals surface area contributed by atoms with Gasteiger partial charge >= 0.3 is 0 Å². The highest BCUT2D eigenvalue weighted by Crippen LogP contribution is 2.25. The van der Waals surface area contributed by atoms with Gasteiger partial charge in [0.15, 0.2) is 0 Å². The SMILES string of the molecule is Cc1ccc(-c2nc3ccc(C)cn3c2CNC(=O)c2cccn2C)cc1. The molecule has 3 heterocycles. The van der Waals surface area contributed by atoms with E-state index in [1.807, 2.05) is 42.1 Å². The van der Waals surface area contributed by atoms with Crippen LogP contribution in [-0.2, 0) is 13.6 Å². The summed E-state index contributed by atoms with van der Waals surface area (Å²) in [6.45, 7) is 4.52. The van der Waals surface area contributed by atoms with Crippen LogP contribution in [-0.4, -0.2) is 19.9 Å². The van der Waals surface area contributed by atoms with E-state index in [0.29, 0.717) is 12.2 Å². The largest absolute Gasteiger partial charge is 0.347 e. The van der Waals surface area contributed by atoms with E-state index < -0.39 is 0 Å². The number of pyridine rings is 1. The smallest absolute Gasteiger partial charge is 0.268 e. The summed E-state index contributed by atoms with van der Waals surface area (Å²) in [5.74, 6) is -0.0973. The Morgan fingerprint density at radius 2 is 1.78 bits per heavy atom. The van der Waals surface area contributed by atoms with Gasteiger partial charge in [0.2, 0.25) is 0 Å². The fourth-order valence-corrected chi connectivity index (χ4v) is 3.26. The van der Waals surface area contributed by atoms with E-state index >= 15 is 0 Å². The van der Waals surface area contributed by atoms with Gasteiger partial charge in [-0.05, 0) is 37.6 Å². The van der Waals surface area contributed by atoms with Crippen molar-refractivity contribution in [2.75, 3.05) is 0 Å². The van der Waals surface area contributed by atoms with Crippen molar-refractivity contribution in [2.45, 2.75) is 20.4 Å². The molecule has 5 heteroatoms. The molecule has 0 bridgehead atoms. The van der Waals surface area contributed by atoms with Crippen molar-refractivity contribution in [3.8, 4) is 11.3 Å². The summed E-state index contributed by atoms with van der Waals surface area (Å²) in [5, 5.41) is 3.04. The van der Waals surface area contributed by atoms with Crippen LogP contribution in [0, 0.1) is 13.8 Å². The number of amides is 1. The van der Waals surface area contributed by atoms with Crippen molar-refractivity contribution < 1.29 is 4.79 Å². The third kappa shape index (κ3) is 3.24. The Bertz CT molecular complexity index is 1120. The number of nitrogens with one attached hydrogen (secondary N) is 1. The number of carbonyl (C=O) groups excluding carboxylic acids is 1. The van der Waals surface area contributed by atoms with Crippen molar-refractivity contribution in [3.63, 3.8) is 0 Å². The third-order valence-corrected chi connectivity index (χ3v) is 4.78. The summed E-state index contributed by atoms with van der Waals surface area (Å²) >= 11 is 0. The van der Waals surface area contributed by atoms with E-state index in [9.17, 15) is 4.79 Å². The fraction of sp³-hybridized carbons (Fsp3) is 0.182. The Morgan fingerprint density at radius 1 is 1.04 bits per heavy atom. The van der Waals surface area contributed by atoms with E-state index in [1.165, 1.54) is 5.56 Å². The van der Waals surface area contributed by atoms with Gasteiger partial charge in [0.1, 0.15) is 11.3 Å². The maximum absolute atomic E-state index is 12.6. The molecule has 4 rings (SSSR count). The van der Waals surface area contributed by atoms with E-state index in [4.69, 9.17) is 4.98 Å². The molecule has 0 aliphatic heterocycles. The Kier molecular flexibility index (Phi) is 4.28. The summed E-state index contributed by atoms with van der Waals surface area (Å²) in [4.78, 5) is 17.4. The van der Waals surface area contributed by atoms with Gasteiger partial charge in [-0.2, -0.15) is 0 Å². The first-order valence-corrected chi connectivity index (χ1v) is 8.97. The standard InChI is InChI=1S/C22H22N4O/c1-15-6-9-17(10-7-15)21-19(26-14-16(2)8-11-20(26)24-21)13-23-22(27)18-5-4-12-25(18)3/h4-12,14H,13H2,1-3H3,(H,23,27). The lowest BCUT2D eigenvalue weighted by Crippen LogP contribution is -2.25. The van der Waals surface area contributed by atoms with Crippen molar-refractivity contribution >= 4 is 11.6 Å². The van der Waals surface area contributed by atoms with Crippen LogP contribution in [0.2, 0.25) is 0 Å². The topological polar surface area (TPSA) is 51.3 Å². The average Bonchev–Trinajstić information content (AvgIpc) is 3.24. The molecule has 27 heavy (non-hydrogen) atoms. The number of imidazole rings is 1. The number of fused-ring (bicyclic) bond motifs is 1. The van der Waals surface area contributed by atoms with Gasteiger partial charge in [-0.15, -0.1) is 0 Å². The van der Waals surface area contributed by atoms with Crippen LogP contribution in [0.4, 0.5) is 0 Å². The first kappa shape index (κ1) is 17.1. The highest BCUT2D eigenvalue weighted by atomic mass is 16.1. The first-order chi connectivity index (χ1) is 13.0. The van der Waals surface area contributed by atoms with Gasteiger partial charge in [-0.3, -0.25) is 4.79 Å². The van der Waals surface area contributed by atoms with E-state index in [-0.39, 0.29) is 5.91 Å². The van der Waals surface area contributed by atoms with Crippen LogP contribution in [0.25, 0.3) is 16.9 Å². The molecule has 136 valence electrons. The van der Waals surface area contributed by atoms with Gasteiger partial charge in [-0.25, -0.2) is 4.98 Å². The number of aromatic nitrogens is 3. The Balaban J connectivity index is 1.74. The Labute approximate surface area is 158 Å². The van der Waals surface area contributed by atoms with Gasteiger partial charge in [0, 0.05) is 25.0 Å². The minimum absolute atomic E-state index is 0.0973. The second kappa shape index (κ2) is 6.76. The molecule has 0 saturated carbocycles. The molecule has 0 fully saturated rings. The summed E-state index contributed by atoms with van der Waals surface area (Å²) in [6, 6.07) is 16.1. The van der Waals surface area contributed by atoms with E-state index in [1.54, 1.807) is 0 Å². The molecule has 0 spiro atoms. The number of hydrogen-bond acceptors (Lipinski definition) is 2. The number of nitrogens with zero attached hydrogens (tertiary/aromatic N) is 3. The van der Waals surface area contributed by atoms with Gasteiger partial charge < -0.3 is 14.3 Å². The van der Waals surface area contributed by atoms with Crippen LogP contribution < -0.4 is 5.32 Å². The molecule has 1 aromatic carbocycles. The monoisotopic (exact) mass is 358 g/mol. The van der Waals surface area contributed by atoms with Crippen molar-refractivity contribution in [1.29, 1.82) is 0 Å². The molecule has 0 atom stereocenters.